The highest BCUT2D eigenvalue weighted by Crippen LogP contribution is 2.29. The van der Waals surface area contributed by atoms with E-state index in [9.17, 15) is 4.79 Å². The fourth-order valence-corrected chi connectivity index (χ4v) is 3.35. The predicted molar refractivity (Wildman–Crippen MR) is 92.8 cm³/mol. The van der Waals surface area contributed by atoms with Crippen LogP contribution in [0, 0.1) is 17.2 Å². The van der Waals surface area contributed by atoms with Crippen LogP contribution in [-0.4, -0.2) is 42.4 Å². The van der Waals surface area contributed by atoms with Gasteiger partial charge in [0.25, 0.3) is 0 Å². The Morgan fingerprint density at radius 2 is 2.29 bits per heavy atom. The van der Waals surface area contributed by atoms with Crippen molar-refractivity contribution >= 4 is 23.5 Å². The second kappa shape index (κ2) is 8.85. The monoisotopic (exact) mass is 349 g/mol. The maximum absolute atomic E-state index is 12.3. The molecular formula is C16H23N5O2S. The fraction of sp³-hybridized carbons (Fsp3) is 0.625. The van der Waals surface area contributed by atoms with Crippen LogP contribution in [0.15, 0.2) is 5.16 Å². The van der Waals surface area contributed by atoms with Crippen molar-refractivity contribution < 1.29 is 9.53 Å². The molecule has 1 fully saturated rings. The van der Waals surface area contributed by atoms with Crippen molar-refractivity contribution in [3.8, 4) is 6.07 Å². The van der Waals surface area contributed by atoms with Crippen molar-refractivity contribution in [2.24, 2.45) is 11.7 Å². The van der Waals surface area contributed by atoms with Gasteiger partial charge in [0.05, 0.1) is 18.9 Å². The zero-order valence-electron chi connectivity index (χ0n) is 14.1. The fourth-order valence-electron chi connectivity index (χ4n) is 2.97. The number of anilines is 1. The quantitative estimate of drug-likeness (QED) is 0.488. The van der Waals surface area contributed by atoms with E-state index in [2.05, 4.69) is 20.9 Å². The minimum Gasteiger partial charge on any atom is -0.465 e. The highest BCUT2D eigenvalue weighted by Gasteiger charge is 2.27. The highest BCUT2D eigenvalue weighted by atomic mass is 32.2. The number of carbonyl (C=O) groups excluding carboxylic acids is 1. The van der Waals surface area contributed by atoms with Gasteiger partial charge in [0.15, 0.2) is 5.16 Å². The molecule has 0 aliphatic carbocycles. The summed E-state index contributed by atoms with van der Waals surface area (Å²) in [4.78, 5) is 23.3. The number of hydrogen-bond acceptors (Lipinski definition) is 8. The van der Waals surface area contributed by atoms with Gasteiger partial charge >= 0.3 is 5.97 Å². The standard InChI is InChI=1S/C16H23N5O2S/c1-23-15(22)13-12(9-18)19-16(24-2)20-14(13)21-8-4-3-5-11(10-21)6-7-17/h11H,3-6,8-10,18H2,1-2H3. The second-order valence-corrected chi connectivity index (χ2v) is 6.49. The molecule has 24 heavy (non-hydrogen) atoms. The Balaban J connectivity index is 2.49. The van der Waals surface area contributed by atoms with Gasteiger partial charge in [-0.25, -0.2) is 14.8 Å². The lowest BCUT2D eigenvalue weighted by Gasteiger charge is -2.27. The van der Waals surface area contributed by atoms with Crippen molar-refractivity contribution in [1.29, 1.82) is 5.26 Å². The summed E-state index contributed by atoms with van der Waals surface area (Å²) in [6.07, 6.45) is 5.48. The average Bonchev–Trinajstić information content (AvgIpc) is 2.85. The van der Waals surface area contributed by atoms with Crippen molar-refractivity contribution in [2.45, 2.75) is 37.4 Å². The molecule has 1 aliphatic heterocycles. The van der Waals surface area contributed by atoms with E-state index in [-0.39, 0.29) is 12.5 Å². The largest absolute Gasteiger partial charge is 0.465 e. The molecular weight excluding hydrogens is 326 g/mol. The number of hydrogen-bond donors (Lipinski definition) is 1. The molecule has 0 spiro atoms. The van der Waals surface area contributed by atoms with Crippen LogP contribution in [0.2, 0.25) is 0 Å². The Morgan fingerprint density at radius 1 is 1.50 bits per heavy atom. The number of nitrogens with zero attached hydrogens (tertiary/aromatic N) is 4. The lowest BCUT2D eigenvalue weighted by molar-refractivity contribution is 0.0598. The molecule has 1 atom stereocenters. The van der Waals surface area contributed by atoms with Gasteiger partial charge in [0.2, 0.25) is 0 Å². The van der Waals surface area contributed by atoms with Gasteiger partial charge in [-0.2, -0.15) is 5.26 Å². The van der Waals surface area contributed by atoms with E-state index in [1.165, 1.54) is 18.9 Å². The molecule has 0 amide bonds. The third-order valence-electron chi connectivity index (χ3n) is 4.16. The topological polar surface area (TPSA) is 105 Å². The molecule has 0 aromatic carbocycles. The minimum atomic E-state index is -0.473. The van der Waals surface area contributed by atoms with E-state index in [1.807, 2.05) is 6.26 Å². The SMILES string of the molecule is COC(=O)c1c(CN)nc(SC)nc1N1CCCCC(CC#N)C1. The van der Waals surface area contributed by atoms with E-state index in [1.54, 1.807) is 0 Å². The smallest absolute Gasteiger partial charge is 0.343 e. The van der Waals surface area contributed by atoms with Gasteiger partial charge in [-0.05, 0) is 25.0 Å². The van der Waals surface area contributed by atoms with Gasteiger partial charge in [0.1, 0.15) is 11.4 Å². The number of nitriles is 1. The molecule has 130 valence electrons. The Bertz CT molecular complexity index is 632. The summed E-state index contributed by atoms with van der Waals surface area (Å²) >= 11 is 1.41. The Labute approximate surface area is 146 Å². The van der Waals surface area contributed by atoms with E-state index < -0.39 is 5.97 Å². The van der Waals surface area contributed by atoms with Crippen molar-refractivity contribution in [2.75, 3.05) is 31.4 Å². The molecule has 1 saturated heterocycles. The first-order chi connectivity index (χ1) is 11.6. The molecule has 2 heterocycles. The van der Waals surface area contributed by atoms with Gasteiger partial charge in [-0.15, -0.1) is 0 Å². The van der Waals surface area contributed by atoms with Gasteiger partial charge in [0, 0.05) is 26.1 Å². The van der Waals surface area contributed by atoms with Crippen molar-refractivity contribution in [1.82, 2.24) is 9.97 Å². The number of nitrogens with two attached hydrogens (primary N) is 1. The van der Waals surface area contributed by atoms with Crippen LogP contribution in [0.4, 0.5) is 5.82 Å². The molecule has 1 aliphatic rings. The normalized spacial score (nSPS) is 17.9. The lowest BCUT2D eigenvalue weighted by atomic mass is 10.0. The molecule has 8 heteroatoms. The number of thioether (sulfide) groups is 1. The number of methoxy groups -OCH3 is 1. The van der Waals surface area contributed by atoms with Gasteiger partial charge < -0.3 is 15.4 Å². The number of carbonyl (C=O) groups is 1. The van der Waals surface area contributed by atoms with Crippen molar-refractivity contribution in [3.63, 3.8) is 0 Å². The van der Waals surface area contributed by atoms with Crippen LogP contribution < -0.4 is 10.6 Å². The Morgan fingerprint density at radius 3 is 2.92 bits per heavy atom. The number of aromatic nitrogens is 2. The van der Waals surface area contributed by atoms with Gasteiger partial charge in [-0.1, -0.05) is 18.2 Å². The first kappa shape index (κ1) is 18.5. The summed E-state index contributed by atoms with van der Waals surface area (Å²) in [5.41, 5.74) is 6.64. The zero-order valence-corrected chi connectivity index (χ0v) is 14.9. The van der Waals surface area contributed by atoms with Crippen LogP contribution in [0.5, 0.6) is 0 Å². The molecule has 1 aromatic rings. The Kier molecular flexibility index (Phi) is 6.82. The summed E-state index contributed by atoms with van der Waals surface area (Å²) in [6.45, 7) is 1.64. The lowest BCUT2D eigenvalue weighted by Crippen LogP contribution is -2.32. The number of ether oxygens (including phenoxy) is 1. The first-order valence-corrected chi connectivity index (χ1v) is 9.22. The average molecular weight is 349 g/mol. The summed E-state index contributed by atoms with van der Waals surface area (Å²) < 4.78 is 4.93. The van der Waals surface area contributed by atoms with Crippen LogP contribution >= 0.6 is 11.8 Å². The summed E-state index contributed by atoms with van der Waals surface area (Å²) in [6, 6.07) is 2.26. The first-order valence-electron chi connectivity index (χ1n) is 7.99. The highest BCUT2D eigenvalue weighted by molar-refractivity contribution is 7.98. The molecule has 2 rings (SSSR count). The molecule has 0 bridgehead atoms. The van der Waals surface area contributed by atoms with E-state index in [0.29, 0.717) is 35.2 Å². The maximum atomic E-state index is 12.3. The molecule has 1 aromatic heterocycles. The number of esters is 1. The van der Waals surface area contributed by atoms with Gasteiger partial charge in [-0.3, -0.25) is 0 Å². The van der Waals surface area contributed by atoms with Crippen LogP contribution in [0.1, 0.15) is 41.7 Å². The molecule has 7 nitrogen and oxygen atoms in total. The molecule has 2 N–H and O–H groups in total. The van der Waals surface area contributed by atoms with Crippen LogP contribution in [0.3, 0.4) is 0 Å². The van der Waals surface area contributed by atoms with Crippen LogP contribution in [0.25, 0.3) is 0 Å². The molecule has 1 unspecified atom stereocenters. The molecule has 0 radical (unpaired) electrons. The minimum absolute atomic E-state index is 0.142. The summed E-state index contributed by atoms with van der Waals surface area (Å²) in [5, 5.41) is 9.61. The van der Waals surface area contributed by atoms with E-state index >= 15 is 0 Å². The third kappa shape index (κ3) is 4.16. The number of rotatable bonds is 5. The molecule has 0 saturated carbocycles. The summed E-state index contributed by atoms with van der Waals surface area (Å²) in [7, 11) is 1.34. The van der Waals surface area contributed by atoms with Crippen molar-refractivity contribution in [3.05, 3.63) is 11.3 Å². The maximum Gasteiger partial charge on any atom is 0.343 e. The van der Waals surface area contributed by atoms with E-state index in [4.69, 9.17) is 15.7 Å². The zero-order chi connectivity index (χ0) is 17.5. The third-order valence-corrected chi connectivity index (χ3v) is 4.71. The summed E-state index contributed by atoms with van der Waals surface area (Å²) in [5.74, 6) is 0.377. The van der Waals surface area contributed by atoms with Crippen LogP contribution in [-0.2, 0) is 11.3 Å². The predicted octanol–water partition coefficient (Wildman–Crippen LogP) is 1.96. The second-order valence-electron chi connectivity index (χ2n) is 5.72. The van der Waals surface area contributed by atoms with E-state index in [0.717, 1.165) is 25.8 Å². The Hall–Kier alpha value is -1.85.